The van der Waals surface area contributed by atoms with Crippen LogP contribution in [0, 0.1) is 0 Å². The van der Waals surface area contributed by atoms with E-state index in [2.05, 4.69) is 23.2 Å². The number of nitrogens with zero attached hydrogens (tertiary/aromatic N) is 2. The van der Waals surface area contributed by atoms with Gasteiger partial charge in [-0.05, 0) is 30.5 Å². The van der Waals surface area contributed by atoms with Crippen molar-refractivity contribution < 1.29 is 14.4 Å². The van der Waals surface area contributed by atoms with Crippen LogP contribution in [0.25, 0.3) is 16.5 Å². The zero-order valence-electron chi connectivity index (χ0n) is 18.7. The summed E-state index contributed by atoms with van der Waals surface area (Å²) < 4.78 is 0. The molecular weight excluding hydrogens is 414 g/mol. The largest absolute Gasteiger partial charge is 0.361 e. The first-order valence-corrected chi connectivity index (χ1v) is 11.4. The second-order valence-electron chi connectivity index (χ2n) is 9.04. The number of para-hydroxylation sites is 1. The summed E-state index contributed by atoms with van der Waals surface area (Å²) in [5.41, 5.74) is 3.51. The number of nitrogens with one attached hydrogen (secondary N) is 1. The average molecular weight is 442 g/mol. The minimum absolute atomic E-state index is 0.0295. The molecule has 2 aliphatic heterocycles. The SMILES string of the molecule is CC1(c2ccccc2)CC(=O)N(CCC(=O)N2CC=C(c3c[nH]c4ccccc34)CC2)C1=O. The Hall–Kier alpha value is -3.67. The Morgan fingerprint density at radius 2 is 1.82 bits per heavy atom. The Kier molecular flexibility index (Phi) is 5.36. The van der Waals surface area contributed by atoms with E-state index in [0.29, 0.717) is 13.1 Å². The lowest BCUT2D eigenvalue weighted by Crippen LogP contribution is -2.40. The smallest absolute Gasteiger partial charge is 0.240 e. The lowest BCUT2D eigenvalue weighted by atomic mass is 9.81. The summed E-state index contributed by atoms with van der Waals surface area (Å²) >= 11 is 0. The second-order valence-corrected chi connectivity index (χ2v) is 9.04. The second kappa shape index (κ2) is 8.35. The summed E-state index contributed by atoms with van der Waals surface area (Å²) in [4.78, 5) is 44.9. The van der Waals surface area contributed by atoms with Crippen LogP contribution in [0.1, 0.15) is 37.3 Å². The fourth-order valence-corrected chi connectivity index (χ4v) is 4.99. The topological polar surface area (TPSA) is 73.5 Å². The Balaban J connectivity index is 1.21. The van der Waals surface area contributed by atoms with E-state index >= 15 is 0 Å². The van der Waals surface area contributed by atoms with Gasteiger partial charge in [0.2, 0.25) is 17.7 Å². The number of hydrogen-bond acceptors (Lipinski definition) is 3. The quantitative estimate of drug-likeness (QED) is 0.611. The van der Waals surface area contributed by atoms with Crippen molar-refractivity contribution in [3.63, 3.8) is 0 Å². The van der Waals surface area contributed by atoms with Crippen LogP contribution in [0.4, 0.5) is 0 Å². The van der Waals surface area contributed by atoms with Gasteiger partial charge in [-0.3, -0.25) is 19.3 Å². The van der Waals surface area contributed by atoms with Crippen LogP contribution < -0.4 is 0 Å². The number of aromatic nitrogens is 1. The number of imide groups is 1. The van der Waals surface area contributed by atoms with E-state index in [1.807, 2.05) is 55.6 Å². The Bertz CT molecular complexity index is 1260. The average Bonchev–Trinajstić information content (AvgIpc) is 3.37. The zero-order chi connectivity index (χ0) is 23.0. The summed E-state index contributed by atoms with van der Waals surface area (Å²) in [5.74, 6) is -0.455. The highest BCUT2D eigenvalue weighted by Gasteiger charge is 2.49. The molecule has 1 fully saturated rings. The summed E-state index contributed by atoms with van der Waals surface area (Å²) in [6, 6.07) is 17.6. The number of benzene rings is 2. The van der Waals surface area contributed by atoms with Gasteiger partial charge >= 0.3 is 0 Å². The maximum absolute atomic E-state index is 13.1. The van der Waals surface area contributed by atoms with Crippen LogP contribution >= 0.6 is 0 Å². The van der Waals surface area contributed by atoms with E-state index in [9.17, 15) is 14.4 Å². The normalized spacial score (nSPS) is 21.1. The predicted octanol–water partition coefficient (Wildman–Crippen LogP) is 3.89. The highest BCUT2D eigenvalue weighted by Crippen LogP contribution is 2.36. The Morgan fingerprint density at radius 1 is 1.06 bits per heavy atom. The number of hydrogen-bond donors (Lipinski definition) is 1. The lowest BCUT2D eigenvalue weighted by molar-refractivity contribution is -0.140. The fourth-order valence-electron chi connectivity index (χ4n) is 4.99. The molecule has 3 amide bonds. The molecule has 6 heteroatoms. The first-order chi connectivity index (χ1) is 16.0. The third kappa shape index (κ3) is 3.75. The van der Waals surface area contributed by atoms with Crippen molar-refractivity contribution in [1.29, 1.82) is 0 Å². The van der Waals surface area contributed by atoms with Gasteiger partial charge in [0.15, 0.2) is 0 Å². The number of aromatic amines is 1. The molecule has 2 aromatic carbocycles. The van der Waals surface area contributed by atoms with E-state index in [-0.39, 0.29) is 37.1 Å². The van der Waals surface area contributed by atoms with Crippen LogP contribution in [-0.4, -0.2) is 52.1 Å². The number of carbonyl (C=O) groups excluding carboxylic acids is 3. The maximum atomic E-state index is 13.1. The Labute approximate surface area is 192 Å². The molecule has 0 bridgehead atoms. The van der Waals surface area contributed by atoms with Crippen molar-refractivity contribution in [1.82, 2.24) is 14.8 Å². The molecule has 0 radical (unpaired) electrons. The van der Waals surface area contributed by atoms with Crippen molar-refractivity contribution in [3.05, 3.63) is 78.0 Å². The van der Waals surface area contributed by atoms with Gasteiger partial charge in [0.25, 0.3) is 0 Å². The van der Waals surface area contributed by atoms with Gasteiger partial charge in [0.05, 0.1) is 5.41 Å². The summed E-state index contributed by atoms with van der Waals surface area (Å²) in [6.45, 7) is 3.12. The number of fused-ring (bicyclic) bond motifs is 1. The molecule has 1 saturated heterocycles. The third-order valence-corrected chi connectivity index (χ3v) is 6.98. The van der Waals surface area contributed by atoms with Crippen molar-refractivity contribution >= 4 is 34.2 Å². The van der Waals surface area contributed by atoms with Gasteiger partial charge in [-0.25, -0.2) is 0 Å². The molecule has 5 rings (SSSR count). The molecule has 168 valence electrons. The monoisotopic (exact) mass is 441 g/mol. The molecule has 2 aliphatic rings. The number of H-pyrrole nitrogens is 1. The lowest BCUT2D eigenvalue weighted by Gasteiger charge is -2.27. The van der Waals surface area contributed by atoms with E-state index in [0.717, 1.165) is 17.5 Å². The first kappa shape index (κ1) is 21.2. The highest BCUT2D eigenvalue weighted by molar-refractivity contribution is 6.09. The number of rotatable bonds is 5. The van der Waals surface area contributed by atoms with Gasteiger partial charge in [0.1, 0.15) is 0 Å². The standard InChI is InChI=1S/C27H27N3O3/c1-27(20-7-3-2-4-8-20)17-25(32)30(26(27)33)16-13-24(31)29-14-11-19(12-15-29)22-18-28-23-10-6-5-9-21(22)23/h2-11,18,28H,12-17H2,1H3. The molecule has 6 nitrogen and oxygen atoms in total. The van der Waals surface area contributed by atoms with E-state index in [4.69, 9.17) is 0 Å². The molecule has 3 aromatic rings. The minimum atomic E-state index is -0.858. The highest BCUT2D eigenvalue weighted by atomic mass is 16.2. The fraction of sp³-hybridized carbons (Fsp3) is 0.296. The predicted molar refractivity (Wildman–Crippen MR) is 127 cm³/mol. The van der Waals surface area contributed by atoms with Gasteiger partial charge in [-0.1, -0.05) is 54.6 Å². The first-order valence-electron chi connectivity index (χ1n) is 11.4. The number of amides is 3. The number of carbonyl (C=O) groups is 3. The molecule has 0 spiro atoms. The number of likely N-dealkylation sites (tertiary alicyclic amines) is 1. The van der Waals surface area contributed by atoms with Gasteiger partial charge in [0, 0.05) is 55.1 Å². The molecular formula is C27H27N3O3. The maximum Gasteiger partial charge on any atom is 0.240 e. The van der Waals surface area contributed by atoms with Crippen LogP contribution in [-0.2, 0) is 19.8 Å². The van der Waals surface area contributed by atoms with Crippen LogP contribution in [0.2, 0.25) is 0 Å². The van der Waals surface area contributed by atoms with Crippen molar-refractivity contribution in [3.8, 4) is 0 Å². The molecule has 3 heterocycles. The summed E-state index contributed by atoms with van der Waals surface area (Å²) in [6.07, 6.45) is 5.21. The molecule has 0 saturated carbocycles. The Morgan fingerprint density at radius 3 is 2.58 bits per heavy atom. The van der Waals surface area contributed by atoms with Gasteiger partial charge in [-0.15, -0.1) is 0 Å². The molecule has 1 N–H and O–H groups in total. The zero-order valence-corrected chi connectivity index (χ0v) is 18.7. The van der Waals surface area contributed by atoms with E-state index < -0.39 is 5.41 Å². The molecule has 33 heavy (non-hydrogen) atoms. The van der Waals surface area contributed by atoms with Crippen LogP contribution in [0.5, 0.6) is 0 Å². The molecule has 1 unspecified atom stereocenters. The van der Waals surface area contributed by atoms with Crippen molar-refractivity contribution in [2.45, 2.75) is 31.6 Å². The van der Waals surface area contributed by atoms with E-state index in [1.54, 1.807) is 4.90 Å². The van der Waals surface area contributed by atoms with Crippen LogP contribution in [0.15, 0.2) is 66.9 Å². The van der Waals surface area contributed by atoms with Gasteiger partial charge < -0.3 is 9.88 Å². The van der Waals surface area contributed by atoms with Crippen molar-refractivity contribution in [2.75, 3.05) is 19.6 Å². The summed E-state index contributed by atoms with van der Waals surface area (Å²) in [7, 11) is 0. The van der Waals surface area contributed by atoms with E-state index in [1.165, 1.54) is 21.4 Å². The van der Waals surface area contributed by atoms with Crippen molar-refractivity contribution in [2.24, 2.45) is 0 Å². The minimum Gasteiger partial charge on any atom is -0.361 e. The molecule has 1 aromatic heterocycles. The third-order valence-electron chi connectivity index (χ3n) is 6.98. The van der Waals surface area contributed by atoms with Gasteiger partial charge in [-0.2, -0.15) is 0 Å². The molecule has 0 aliphatic carbocycles. The van der Waals surface area contributed by atoms with Crippen LogP contribution in [0.3, 0.4) is 0 Å². The summed E-state index contributed by atoms with van der Waals surface area (Å²) in [5, 5.41) is 1.19. The molecule has 1 atom stereocenters.